The summed E-state index contributed by atoms with van der Waals surface area (Å²) >= 11 is 0. The van der Waals surface area contributed by atoms with E-state index in [4.69, 9.17) is 26.5 Å². The Morgan fingerprint density at radius 1 is 1.03 bits per heavy atom. The minimum absolute atomic E-state index is 0.0736. The molecule has 0 spiro atoms. The summed E-state index contributed by atoms with van der Waals surface area (Å²) in [7, 11) is -6.63. The topological polar surface area (TPSA) is 125 Å². The first-order chi connectivity index (χ1) is 20.0. The van der Waals surface area contributed by atoms with E-state index in [1.165, 1.54) is 55.9 Å². The summed E-state index contributed by atoms with van der Waals surface area (Å²) in [6, 6.07) is 6.50. The van der Waals surface area contributed by atoms with Gasteiger partial charge in [-0.3, -0.25) is 9.71 Å². The number of benzene rings is 1. The molecule has 0 saturated carbocycles. The van der Waals surface area contributed by atoms with Crippen molar-refractivity contribution < 1.29 is 35.0 Å². The monoisotopic (exact) mass is 488 g/mol. The number of aromatic nitrogens is 4. The number of methoxy groups -OCH3 is 2. The van der Waals surface area contributed by atoms with Crippen molar-refractivity contribution in [1.29, 1.82) is 0 Å². The zero-order valence-corrected chi connectivity index (χ0v) is 18.2. The van der Waals surface area contributed by atoms with Gasteiger partial charge in [-0.25, -0.2) is 9.97 Å². The van der Waals surface area contributed by atoms with Crippen LogP contribution < -0.4 is 18.9 Å². The summed E-state index contributed by atoms with van der Waals surface area (Å²) in [5, 5.41) is -1.13. The van der Waals surface area contributed by atoms with Gasteiger partial charge in [-0.05, 0) is 42.7 Å². The van der Waals surface area contributed by atoms with Crippen molar-refractivity contribution in [3.8, 4) is 34.5 Å². The number of pyridine rings is 2. The molecule has 0 bridgehead atoms. The van der Waals surface area contributed by atoms with E-state index in [1.807, 2.05) is 0 Å². The molecule has 0 unspecified atom stereocenters. The third-order valence-electron chi connectivity index (χ3n) is 4.19. The van der Waals surface area contributed by atoms with E-state index in [9.17, 15) is 8.42 Å². The first-order valence-electron chi connectivity index (χ1n) is 13.8. The van der Waals surface area contributed by atoms with E-state index in [0.29, 0.717) is 5.56 Å². The van der Waals surface area contributed by atoms with E-state index in [0.717, 1.165) is 0 Å². The van der Waals surface area contributed by atoms with Crippen LogP contribution in [0.4, 0.5) is 5.82 Å². The molecule has 0 fully saturated rings. The Hall–Kier alpha value is -4.25. The van der Waals surface area contributed by atoms with Gasteiger partial charge in [0.15, 0.2) is 28.2 Å². The van der Waals surface area contributed by atoms with Crippen molar-refractivity contribution in [2.45, 2.75) is 11.9 Å². The van der Waals surface area contributed by atoms with Gasteiger partial charge in [0.2, 0.25) is 5.75 Å². The normalized spacial score (nSPS) is 15.6. The van der Waals surface area contributed by atoms with Crippen LogP contribution in [0.3, 0.4) is 0 Å². The van der Waals surface area contributed by atoms with Crippen LogP contribution in [0.5, 0.6) is 23.1 Å². The summed E-state index contributed by atoms with van der Waals surface area (Å²) in [6.45, 7) is -3.00. The second-order valence-corrected chi connectivity index (χ2v) is 7.98. The summed E-state index contributed by atoms with van der Waals surface area (Å²) in [4.78, 5) is 15.9. The number of nitrogens with one attached hydrogen (secondary N) is 1. The highest BCUT2D eigenvalue weighted by molar-refractivity contribution is 7.92. The number of hydrogen-bond acceptors (Lipinski definition) is 9. The Morgan fingerprint density at radius 2 is 1.82 bits per heavy atom. The molecular formula is C23H21N5O5S. The van der Waals surface area contributed by atoms with E-state index < -0.39 is 64.3 Å². The van der Waals surface area contributed by atoms with Crippen molar-refractivity contribution in [1.82, 2.24) is 19.9 Å². The second kappa shape index (κ2) is 9.71. The second-order valence-electron chi connectivity index (χ2n) is 6.38. The molecule has 0 aliphatic carbocycles. The number of hydrogen-bond donors (Lipinski definition) is 1. The van der Waals surface area contributed by atoms with Gasteiger partial charge in [0.25, 0.3) is 15.9 Å². The van der Waals surface area contributed by atoms with Gasteiger partial charge in [-0.1, -0.05) is 18.2 Å². The van der Waals surface area contributed by atoms with Crippen LogP contribution >= 0.6 is 0 Å². The molecule has 3 heterocycles. The molecule has 0 atom stereocenters. The Kier molecular flexibility index (Phi) is 4.03. The quantitative estimate of drug-likeness (QED) is 0.393. The number of sulfonamides is 1. The van der Waals surface area contributed by atoms with E-state index in [1.54, 1.807) is 0 Å². The molecule has 0 aliphatic rings. The lowest BCUT2D eigenvalue weighted by atomic mass is 10.2. The van der Waals surface area contributed by atoms with Crippen LogP contribution in [-0.4, -0.2) is 42.5 Å². The molecule has 0 saturated heterocycles. The lowest BCUT2D eigenvalue weighted by Gasteiger charge is -2.17. The molecular weight excluding hydrogens is 458 g/mol. The molecule has 174 valence electrons. The van der Waals surface area contributed by atoms with Gasteiger partial charge in [0.1, 0.15) is 0 Å². The third-order valence-corrected chi connectivity index (χ3v) is 5.35. The van der Waals surface area contributed by atoms with E-state index in [2.05, 4.69) is 24.7 Å². The Labute approximate surface area is 209 Å². The third kappa shape index (κ3) is 4.89. The van der Waals surface area contributed by atoms with E-state index in [-0.39, 0.29) is 23.2 Å². The average molecular weight is 489 g/mol. The van der Waals surface area contributed by atoms with Gasteiger partial charge in [0.05, 0.1) is 22.4 Å². The van der Waals surface area contributed by atoms with Crippen LogP contribution in [0, 0.1) is 6.85 Å². The van der Waals surface area contributed by atoms with Gasteiger partial charge < -0.3 is 14.2 Å². The van der Waals surface area contributed by atoms with Gasteiger partial charge in [-0.2, -0.15) is 13.4 Å². The highest BCUT2D eigenvalue weighted by Gasteiger charge is 2.25. The van der Waals surface area contributed by atoms with Crippen LogP contribution in [0.1, 0.15) is 17.9 Å². The molecule has 0 aliphatic heterocycles. The van der Waals surface area contributed by atoms with Crippen molar-refractivity contribution in [3.05, 3.63) is 72.6 Å². The maximum absolute atomic E-state index is 13.5. The maximum atomic E-state index is 13.5. The summed E-state index contributed by atoms with van der Waals surface area (Å²) in [5.41, 5.74) is -0.523. The van der Waals surface area contributed by atoms with Crippen LogP contribution in [0.25, 0.3) is 11.4 Å². The molecule has 10 nitrogen and oxygen atoms in total. The summed E-state index contributed by atoms with van der Waals surface area (Å²) < 4.78 is 114. The van der Waals surface area contributed by atoms with Crippen molar-refractivity contribution >= 4 is 15.8 Å². The van der Waals surface area contributed by atoms with E-state index >= 15 is 0 Å². The molecule has 4 rings (SSSR count). The highest BCUT2D eigenvalue weighted by Crippen LogP contribution is 2.41. The lowest BCUT2D eigenvalue weighted by Crippen LogP contribution is -2.17. The number of rotatable bonds is 8. The first-order valence-corrected chi connectivity index (χ1v) is 10.8. The molecule has 0 amide bonds. The zero-order chi connectivity index (χ0) is 31.7. The molecule has 1 N–H and O–H groups in total. The standard InChI is InChI=1S/C23H21N5O5S/c1-15-8-9-19(25-14-15)34(29,30)28-22-20(33-18-7-5-4-6-17(18)31-2)23(32-3)27-21(26-22)16-10-12-24-13-11-16/h4-14H,1-3H3,(H,26,27,28)/i1D3,2D3,8D,9D,14D. The van der Waals surface area contributed by atoms with Crippen LogP contribution in [0.2, 0.25) is 0 Å². The molecule has 1 aromatic carbocycles. The molecule has 4 aromatic rings. The molecule has 0 radical (unpaired) electrons. The predicted molar refractivity (Wildman–Crippen MR) is 125 cm³/mol. The molecule has 34 heavy (non-hydrogen) atoms. The predicted octanol–water partition coefficient (Wildman–Crippen LogP) is 3.85. The highest BCUT2D eigenvalue weighted by atomic mass is 32.2. The van der Waals surface area contributed by atoms with Gasteiger partial charge >= 0.3 is 0 Å². The van der Waals surface area contributed by atoms with Gasteiger partial charge in [0, 0.05) is 28.2 Å². The first kappa shape index (κ1) is 14.1. The van der Waals surface area contributed by atoms with Gasteiger partial charge in [-0.15, -0.1) is 0 Å². The Bertz CT molecular complexity index is 1770. The number of para-hydroxylation sites is 2. The Balaban J connectivity index is 1.90. The molecule has 11 heteroatoms. The number of anilines is 1. The van der Waals surface area contributed by atoms with Crippen LogP contribution in [-0.2, 0) is 10.0 Å². The number of nitrogens with zero attached hydrogens (tertiary/aromatic N) is 4. The average Bonchev–Trinajstić information content (AvgIpc) is 2.91. The van der Waals surface area contributed by atoms with Crippen LogP contribution in [0.15, 0.2) is 72.1 Å². The minimum Gasteiger partial charge on any atom is -0.493 e. The summed E-state index contributed by atoms with van der Waals surface area (Å²) in [5.74, 6) is -1.88. The lowest BCUT2D eigenvalue weighted by molar-refractivity contribution is 0.348. The fraction of sp³-hybridized carbons (Fsp3) is 0.130. The number of ether oxygens (including phenoxy) is 3. The maximum Gasteiger partial charge on any atom is 0.280 e. The SMILES string of the molecule is [2H]c1nc(S(=O)(=O)Nc2nc(-c3ccncc3)nc(OC)c2Oc2ccccc2OC([2H])([2H])[2H])c([2H])c([2H])c1C([2H])([2H])[2H]. The van der Waals surface area contributed by atoms with Crippen molar-refractivity contribution in [3.63, 3.8) is 0 Å². The summed E-state index contributed by atoms with van der Waals surface area (Å²) in [6.07, 6.45) is 1.82. The van der Waals surface area contributed by atoms with Crippen molar-refractivity contribution in [2.75, 3.05) is 18.9 Å². The Morgan fingerprint density at radius 3 is 2.56 bits per heavy atom. The smallest absolute Gasteiger partial charge is 0.280 e. The molecule has 3 aromatic heterocycles. The fourth-order valence-corrected chi connectivity index (χ4v) is 3.51. The van der Waals surface area contributed by atoms with Crippen molar-refractivity contribution in [2.24, 2.45) is 0 Å². The minimum atomic E-state index is -4.96. The zero-order valence-electron chi connectivity index (χ0n) is 26.4. The fourth-order valence-electron chi connectivity index (χ4n) is 2.67. The largest absolute Gasteiger partial charge is 0.493 e.